The second-order valence-corrected chi connectivity index (χ2v) is 2.35. The lowest BCUT2D eigenvalue weighted by atomic mass is 9.96. The van der Waals surface area contributed by atoms with E-state index in [9.17, 15) is 0 Å². The van der Waals surface area contributed by atoms with E-state index in [4.69, 9.17) is 0 Å². The number of hydrogen-bond acceptors (Lipinski definition) is 0. The molecule has 0 rings (SSSR count). The van der Waals surface area contributed by atoms with Crippen molar-refractivity contribution in [3.8, 4) is 0 Å². The van der Waals surface area contributed by atoms with Crippen molar-refractivity contribution >= 4 is 0 Å². The van der Waals surface area contributed by atoms with Crippen molar-refractivity contribution < 1.29 is 0 Å². The van der Waals surface area contributed by atoms with Crippen LogP contribution in [0.3, 0.4) is 0 Å². The van der Waals surface area contributed by atoms with Crippen molar-refractivity contribution in [1.82, 2.24) is 0 Å². The second kappa shape index (κ2) is 3.06. The van der Waals surface area contributed by atoms with Crippen LogP contribution in [0.1, 0.15) is 34.1 Å². The minimum absolute atomic E-state index is 0.782. The molecule has 0 saturated carbocycles. The first-order valence-corrected chi connectivity index (χ1v) is 3.00. The maximum atomic E-state index is 2.23. The Morgan fingerprint density at radius 1 is 1.43 bits per heavy atom. The highest BCUT2D eigenvalue weighted by Gasteiger charge is 1.85. The maximum absolute atomic E-state index is 2.23. The Morgan fingerprint density at radius 3 is 1.86 bits per heavy atom. The molecule has 0 aromatic rings. The first kappa shape index (κ1) is 7.00. The lowest BCUT2D eigenvalue weighted by Gasteiger charge is -2.26. The van der Waals surface area contributed by atoms with Crippen molar-refractivity contribution in [2.24, 2.45) is 5.92 Å². The standard InChI is InChI=1S/C7H15/c1-5-7(4)6(2)3/h6H,5H2,1-4H3/q-1. The van der Waals surface area contributed by atoms with Crippen molar-refractivity contribution in [3.05, 3.63) is 5.92 Å². The smallest absolute Gasteiger partial charge is 0.0899 e. The van der Waals surface area contributed by atoms with Crippen LogP contribution in [0.2, 0.25) is 0 Å². The van der Waals surface area contributed by atoms with E-state index in [1.807, 2.05) is 0 Å². The largest absolute Gasteiger partial charge is 0.314 e. The zero-order valence-electron chi connectivity index (χ0n) is 5.78. The highest BCUT2D eigenvalue weighted by atomic mass is 14.1. The van der Waals surface area contributed by atoms with Gasteiger partial charge in [0.2, 0.25) is 0 Å². The van der Waals surface area contributed by atoms with Crippen LogP contribution in [0.5, 0.6) is 0 Å². The second-order valence-electron chi connectivity index (χ2n) is 2.35. The average molecular weight is 99.2 g/mol. The summed E-state index contributed by atoms with van der Waals surface area (Å²) in [5.41, 5.74) is 0. The fourth-order valence-corrected chi connectivity index (χ4v) is 0.408. The van der Waals surface area contributed by atoms with Gasteiger partial charge in [-0.05, 0) is 0 Å². The molecule has 0 radical (unpaired) electrons. The fourth-order valence-electron chi connectivity index (χ4n) is 0.408. The summed E-state index contributed by atoms with van der Waals surface area (Å²) >= 11 is 0. The topological polar surface area (TPSA) is 0 Å². The number of rotatable bonds is 2. The van der Waals surface area contributed by atoms with Crippen LogP contribution in [0, 0.1) is 11.8 Å². The van der Waals surface area contributed by atoms with Gasteiger partial charge < -0.3 is 5.92 Å². The van der Waals surface area contributed by atoms with Crippen LogP contribution in [0.4, 0.5) is 0 Å². The molecule has 0 aliphatic heterocycles. The van der Waals surface area contributed by atoms with Crippen LogP contribution in [-0.4, -0.2) is 0 Å². The molecule has 0 N–H and O–H groups in total. The summed E-state index contributed by atoms with van der Waals surface area (Å²) in [5.74, 6) is 2.38. The van der Waals surface area contributed by atoms with Gasteiger partial charge in [-0.1, -0.05) is 20.8 Å². The minimum Gasteiger partial charge on any atom is -0.314 e. The van der Waals surface area contributed by atoms with Crippen LogP contribution in [0.25, 0.3) is 0 Å². The third kappa shape index (κ3) is 2.67. The van der Waals surface area contributed by atoms with E-state index in [1.165, 1.54) is 6.42 Å². The Balaban J connectivity index is 3.14. The molecule has 0 aliphatic rings. The molecule has 0 heterocycles. The Bertz CT molecular complexity index is 37.3. The van der Waals surface area contributed by atoms with Crippen LogP contribution in [0.15, 0.2) is 0 Å². The first-order chi connectivity index (χ1) is 3.18. The SMILES string of the molecule is CC[C-](C)C(C)C. The van der Waals surface area contributed by atoms with Gasteiger partial charge in [0, 0.05) is 0 Å². The molecule has 0 aromatic heterocycles. The molecule has 7 heavy (non-hydrogen) atoms. The first-order valence-electron chi connectivity index (χ1n) is 3.00. The van der Waals surface area contributed by atoms with Gasteiger partial charge >= 0.3 is 0 Å². The average Bonchev–Trinajstić information content (AvgIpc) is 1.65. The van der Waals surface area contributed by atoms with Gasteiger partial charge in [-0.2, -0.15) is 19.3 Å². The quantitative estimate of drug-likeness (QED) is 0.467. The van der Waals surface area contributed by atoms with Gasteiger partial charge in [-0.3, -0.25) is 0 Å². The molecular weight excluding hydrogens is 84.1 g/mol. The highest BCUT2D eigenvalue weighted by molar-refractivity contribution is 4.84. The van der Waals surface area contributed by atoms with E-state index < -0.39 is 0 Å². The van der Waals surface area contributed by atoms with Gasteiger partial charge in [0.25, 0.3) is 0 Å². The molecule has 0 unspecified atom stereocenters. The molecule has 0 heteroatoms. The summed E-state index contributed by atoms with van der Waals surface area (Å²) in [6.45, 7) is 8.89. The lowest BCUT2D eigenvalue weighted by molar-refractivity contribution is 0.625. The van der Waals surface area contributed by atoms with Gasteiger partial charge in [-0.25, -0.2) is 0 Å². The van der Waals surface area contributed by atoms with E-state index in [0.717, 1.165) is 5.92 Å². The third-order valence-corrected chi connectivity index (χ3v) is 1.54. The molecule has 0 atom stereocenters. The molecule has 0 nitrogen and oxygen atoms in total. The molecular formula is C7H15-. The van der Waals surface area contributed by atoms with Crippen molar-refractivity contribution in [2.75, 3.05) is 0 Å². The van der Waals surface area contributed by atoms with E-state index >= 15 is 0 Å². The lowest BCUT2D eigenvalue weighted by Crippen LogP contribution is -1.97. The van der Waals surface area contributed by atoms with Gasteiger partial charge in [0.1, 0.15) is 0 Å². The molecule has 0 aromatic carbocycles. The Hall–Kier alpha value is 0. The maximum Gasteiger partial charge on any atom is -0.0899 e. The van der Waals surface area contributed by atoms with Crippen molar-refractivity contribution in [3.63, 3.8) is 0 Å². The van der Waals surface area contributed by atoms with Crippen LogP contribution >= 0.6 is 0 Å². The summed E-state index contributed by atoms with van der Waals surface area (Å²) < 4.78 is 0. The Labute approximate surface area is 46.9 Å². The molecule has 44 valence electrons. The molecule has 0 bridgehead atoms. The minimum atomic E-state index is 0.782. The number of hydrogen-bond donors (Lipinski definition) is 0. The third-order valence-electron chi connectivity index (χ3n) is 1.54. The molecule has 0 saturated heterocycles. The zero-order valence-corrected chi connectivity index (χ0v) is 5.78. The van der Waals surface area contributed by atoms with E-state index in [0.29, 0.717) is 0 Å². The summed E-state index contributed by atoms with van der Waals surface area (Å²) in [6, 6.07) is 0. The predicted molar refractivity (Wildman–Crippen MR) is 34.0 cm³/mol. The van der Waals surface area contributed by atoms with Gasteiger partial charge in [-0.15, -0.1) is 0 Å². The van der Waals surface area contributed by atoms with Crippen LogP contribution < -0.4 is 0 Å². The monoisotopic (exact) mass is 99.1 g/mol. The molecule has 0 amide bonds. The molecule has 0 fully saturated rings. The summed E-state index contributed by atoms with van der Waals surface area (Å²) in [6.07, 6.45) is 1.23. The summed E-state index contributed by atoms with van der Waals surface area (Å²) in [5, 5.41) is 0. The van der Waals surface area contributed by atoms with E-state index in [2.05, 4.69) is 27.7 Å². The van der Waals surface area contributed by atoms with Gasteiger partial charge in [0.15, 0.2) is 0 Å². The van der Waals surface area contributed by atoms with Gasteiger partial charge in [0.05, 0.1) is 0 Å². The van der Waals surface area contributed by atoms with E-state index in [-0.39, 0.29) is 0 Å². The normalized spacial score (nSPS) is 11.1. The molecule has 0 spiro atoms. The molecule has 0 aliphatic carbocycles. The zero-order chi connectivity index (χ0) is 5.86. The predicted octanol–water partition coefficient (Wildman–Crippen LogP) is 2.65. The summed E-state index contributed by atoms with van der Waals surface area (Å²) in [7, 11) is 0. The summed E-state index contributed by atoms with van der Waals surface area (Å²) in [4.78, 5) is 0. The van der Waals surface area contributed by atoms with Crippen LogP contribution in [-0.2, 0) is 0 Å². The highest BCUT2D eigenvalue weighted by Crippen LogP contribution is 2.14. The fraction of sp³-hybridized carbons (Fsp3) is 0.857. The van der Waals surface area contributed by atoms with E-state index in [1.54, 1.807) is 5.92 Å². The van der Waals surface area contributed by atoms with Crippen molar-refractivity contribution in [2.45, 2.75) is 34.1 Å². The Morgan fingerprint density at radius 2 is 1.86 bits per heavy atom. The Kier molecular flexibility index (Phi) is 3.06. The van der Waals surface area contributed by atoms with Crippen molar-refractivity contribution in [1.29, 1.82) is 0 Å².